The van der Waals surface area contributed by atoms with E-state index in [1.807, 2.05) is 44.2 Å². The molecule has 44 heteroatoms. The van der Waals surface area contributed by atoms with E-state index in [0.717, 1.165) is 91.7 Å². The van der Waals surface area contributed by atoms with Gasteiger partial charge in [-0.05, 0) is 241 Å². The Hall–Kier alpha value is -11.5. The van der Waals surface area contributed by atoms with E-state index in [1.54, 1.807) is 185 Å². The quantitative estimate of drug-likeness (QED) is 0.0171. The van der Waals surface area contributed by atoms with E-state index >= 15 is 0 Å². The van der Waals surface area contributed by atoms with Crippen LogP contribution in [0.3, 0.4) is 0 Å². The first-order valence-corrected chi connectivity index (χ1v) is 56.5. The van der Waals surface area contributed by atoms with Crippen molar-refractivity contribution >= 4 is 182 Å². The highest BCUT2D eigenvalue weighted by Crippen LogP contribution is 2.49. The van der Waals surface area contributed by atoms with Crippen LogP contribution >= 0.6 is 52.2 Å². The molecule has 7 heterocycles. The molecule has 3 aliphatic rings. The van der Waals surface area contributed by atoms with Gasteiger partial charge in [0.05, 0.1) is 85.1 Å². The molecular formula is C95H120Cl2F3N21O13P4S. The third-order valence-corrected chi connectivity index (χ3v) is 32.1. The van der Waals surface area contributed by atoms with Crippen molar-refractivity contribution in [1.29, 1.82) is 0 Å². The maximum absolute atomic E-state index is 13.5. The van der Waals surface area contributed by atoms with Crippen molar-refractivity contribution in [3.63, 3.8) is 0 Å². The third kappa shape index (κ3) is 29.8. The number of alkyl halides is 3. The van der Waals surface area contributed by atoms with Crippen molar-refractivity contribution in [3.05, 3.63) is 208 Å². The van der Waals surface area contributed by atoms with Gasteiger partial charge in [0.25, 0.3) is 5.91 Å². The van der Waals surface area contributed by atoms with Gasteiger partial charge in [0.15, 0.2) is 21.5 Å². The van der Waals surface area contributed by atoms with Crippen LogP contribution in [0.25, 0.3) is 0 Å². The summed E-state index contributed by atoms with van der Waals surface area (Å²) < 4.78 is 144. The summed E-state index contributed by atoms with van der Waals surface area (Å²) in [5, 5.41) is 29.9. The number of benzene rings is 7. The summed E-state index contributed by atoms with van der Waals surface area (Å²) in [7, 11) is -7.50. The Morgan fingerprint density at radius 2 is 1.05 bits per heavy atom. The Balaban J connectivity index is 0.000000180. The van der Waals surface area contributed by atoms with Gasteiger partial charge in [-0.25, -0.2) is 28.4 Å². The predicted molar refractivity (Wildman–Crippen MR) is 552 cm³/mol. The molecule has 34 nitrogen and oxygen atoms in total. The van der Waals surface area contributed by atoms with Gasteiger partial charge in [0, 0.05) is 110 Å². The molecular weight excluding hydrogens is 1930 g/mol. The van der Waals surface area contributed by atoms with Crippen LogP contribution in [0, 0.1) is 13.8 Å². The Morgan fingerprint density at radius 1 is 0.554 bits per heavy atom. The minimum Gasteiger partial charge on any atom is -0.495 e. The number of piperidine rings is 1. The number of likely N-dealkylation sites (N-methyl/N-ethyl adjacent to an activating group) is 1. The molecule has 0 bridgehead atoms. The van der Waals surface area contributed by atoms with E-state index in [4.69, 9.17) is 52.2 Å². The fourth-order valence-corrected chi connectivity index (χ4v) is 21.0. The molecule has 7 aromatic carbocycles. The molecule has 0 spiro atoms. The van der Waals surface area contributed by atoms with Crippen LogP contribution in [-0.2, 0) is 54.7 Å². The SMILES string of the molecule is CCOP(=O)(OCC)c1ccccc1CNc1nc(Nc2ccc(N3CCC(N4CCN(C)CC4)CC3)cc2OC)ncc1Cl.COc1cc(P(C)(C)=O)ccc1Nc1ncc(C(N)=O)c(Nc2ccccc2S(=O)(=O)C(C)C)n1.COc1cc(P(C)(C)=O)ccc1Nc1ncc(Cl)c(NC2CCCCNC2=O)n1.Cc1cc(C)cc(Nc2nc(Nc3ccc(P(C)(C)=O)cc3)ncc2C(F)(F)F)c1. The summed E-state index contributed by atoms with van der Waals surface area (Å²) in [6.45, 7) is 28.8. The summed E-state index contributed by atoms with van der Waals surface area (Å²) in [4.78, 5) is 65.8. The zero-order valence-corrected chi connectivity index (χ0v) is 86.3. The van der Waals surface area contributed by atoms with Crippen LogP contribution in [0.4, 0.5) is 100 Å². The monoisotopic (exact) mass is 2050 g/mol. The average Bonchev–Trinajstić information content (AvgIpc) is 0.900. The Kier molecular flexibility index (Phi) is 37.3. The summed E-state index contributed by atoms with van der Waals surface area (Å²) >= 11 is 12.7. The maximum Gasteiger partial charge on any atom is 0.421 e. The number of primary amides is 1. The standard InChI is InChI=1S/C32H45ClN7O4P.C23H28N5O5PS.C21H22F3N4OP.C19H25ClN5O3P/c1-5-43-45(41,44-6-2)30-10-8-7-9-24(30)22-34-31-27(33)23-35-32(37-31)36-28-12-11-26(21-29(28)42-4)39-15-13-25(14-16-39)40-19-17-38(3)18-20-40;1-14(2)35(31,32)20-9-7-6-8-18(20)26-22-16(21(24)29)13-25-23(28-22)27-17-11-10-15(34(4,5)30)12-19(17)33-3;1-13-9-14(2)11-16(10-13)26-19-18(21(22,23)24)12-25-20(28-19)27-15-5-7-17(8-6-15)30(3,4)29;1-28-16-10-12(29(2,3)27)7-8-14(16)24-19-22-11-13(20)17(25-19)23-15-6-4-5-9-21-18(15)26/h7-12,21,23,25H,5-6,13-20,22H2,1-4H3,(H2,34,35,36,37);6-14H,1-5H3,(H2,24,29)(H2,25,26,27,28);5-12H,1-4H3,(H2,25,26,27,28);7-8,10-11,15H,4-6,9H2,1-3H3,(H,21,26)(H2,22,23,24,25). The van der Waals surface area contributed by atoms with Crippen LogP contribution in [0.5, 0.6) is 17.2 Å². The van der Waals surface area contributed by atoms with E-state index in [2.05, 4.69) is 122 Å². The number of nitrogens with one attached hydrogen (secondary N) is 9. The first-order valence-electron chi connectivity index (χ1n) is 44.8. The summed E-state index contributed by atoms with van der Waals surface area (Å²) in [5.74, 6) is 2.10. The van der Waals surface area contributed by atoms with Gasteiger partial charge in [-0.1, -0.05) is 59.6 Å². The first-order chi connectivity index (χ1) is 65.9. The minimum absolute atomic E-state index is 0.0128. The Bertz CT molecular complexity index is 6450. The molecule has 1 atom stereocenters. The lowest BCUT2D eigenvalue weighted by molar-refractivity contribution is -0.137. The average molecular weight is 2050 g/mol. The van der Waals surface area contributed by atoms with Crippen LogP contribution in [-0.4, -0.2) is 215 Å². The lowest BCUT2D eigenvalue weighted by Gasteiger charge is -2.42. The van der Waals surface area contributed by atoms with Gasteiger partial charge in [-0.2, -0.15) is 33.1 Å². The largest absolute Gasteiger partial charge is 0.495 e. The molecule has 0 radical (unpaired) electrons. The molecule has 14 rings (SSSR count). The summed E-state index contributed by atoms with van der Waals surface area (Å²) in [6, 6.07) is 42.7. The van der Waals surface area contributed by atoms with Crippen molar-refractivity contribution in [2.24, 2.45) is 5.73 Å². The fraction of sp³-hybridized carbons (Fsp3) is 0.368. The molecule has 139 heavy (non-hydrogen) atoms. The van der Waals surface area contributed by atoms with Crippen LogP contribution < -0.4 is 93.9 Å². The summed E-state index contributed by atoms with van der Waals surface area (Å²) in [5.41, 5.74) is 11.5. The summed E-state index contributed by atoms with van der Waals surface area (Å²) in [6.07, 6.45) is 5.33. The maximum atomic E-state index is 13.5. The number of hydrogen-bond acceptors (Lipinski definition) is 32. The van der Waals surface area contributed by atoms with Crippen LogP contribution in [0.1, 0.15) is 92.4 Å². The molecule has 744 valence electrons. The number of carbonyl (C=O) groups is 2. The normalized spacial score (nSPS) is 14.6. The lowest BCUT2D eigenvalue weighted by Crippen LogP contribution is -2.52. The van der Waals surface area contributed by atoms with Crippen molar-refractivity contribution in [2.75, 3.05) is 175 Å². The molecule has 11 N–H and O–H groups in total. The number of halogens is 5. The van der Waals surface area contributed by atoms with Gasteiger partial charge in [-0.15, -0.1) is 0 Å². The minimum atomic E-state index is -4.61. The molecule has 3 aliphatic heterocycles. The molecule has 0 saturated carbocycles. The number of aryl methyl sites for hydroxylation is 2. The zero-order valence-electron chi connectivity index (χ0n) is 80.4. The second kappa shape index (κ2) is 48.1. The van der Waals surface area contributed by atoms with E-state index in [-0.39, 0.29) is 58.8 Å². The number of ether oxygens (including phenoxy) is 3. The highest BCUT2D eigenvalue weighted by Gasteiger charge is 2.37. The number of sulfone groups is 1. The van der Waals surface area contributed by atoms with Crippen molar-refractivity contribution < 1.29 is 72.7 Å². The van der Waals surface area contributed by atoms with Crippen molar-refractivity contribution in [1.82, 2.24) is 55.0 Å². The Labute approximate surface area is 819 Å². The van der Waals surface area contributed by atoms with E-state index < -0.39 is 67.8 Å². The van der Waals surface area contributed by atoms with Crippen molar-refractivity contribution in [2.45, 2.75) is 109 Å². The second-order valence-electron chi connectivity index (χ2n) is 34.4. The number of nitrogens with zero attached hydrogens (tertiary/aromatic N) is 11. The number of hydrogen-bond donors (Lipinski definition) is 10. The predicted octanol–water partition coefficient (Wildman–Crippen LogP) is 18.2. The molecule has 4 aromatic heterocycles. The molecule has 3 fully saturated rings. The molecule has 3 saturated heterocycles. The van der Waals surface area contributed by atoms with Gasteiger partial charge < -0.3 is 100 Å². The van der Waals surface area contributed by atoms with Gasteiger partial charge in [0.2, 0.25) is 29.7 Å². The highest BCUT2D eigenvalue weighted by atomic mass is 35.5. The van der Waals surface area contributed by atoms with E-state index in [0.29, 0.717) is 115 Å². The van der Waals surface area contributed by atoms with E-state index in [9.17, 15) is 49.4 Å². The van der Waals surface area contributed by atoms with Gasteiger partial charge in [0.1, 0.15) is 77.5 Å². The fourth-order valence-electron chi connectivity index (χ4n) is 15.1. The number of anilines is 15. The van der Waals surface area contributed by atoms with Crippen molar-refractivity contribution in [3.8, 4) is 17.2 Å². The smallest absolute Gasteiger partial charge is 0.421 e. The molecule has 1 unspecified atom stereocenters. The number of rotatable bonds is 33. The number of para-hydroxylation sites is 1. The first kappa shape index (κ1) is 108. The number of nitrogens with two attached hydrogens (primary N) is 1. The zero-order chi connectivity index (χ0) is 101. The number of methoxy groups -OCH3 is 3. The number of amides is 2. The number of aromatic nitrogens is 8. The van der Waals surface area contributed by atoms with Crippen LogP contribution in [0.15, 0.2) is 175 Å². The topological polar surface area (TPSA) is 430 Å². The van der Waals surface area contributed by atoms with Crippen LogP contribution in [0.2, 0.25) is 10.0 Å². The molecule has 2 amide bonds. The lowest BCUT2D eigenvalue weighted by atomic mass is 10.0. The number of carbonyl (C=O) groups excluding carboxylic acids is 2. The second-order valence-corrected chi connectivity index (χ2v) is 49.3. The Morgan fingerprint density at radius 3 is 1.60 bits per heavy atom. The molecule has 0 aliphatic carbocycles. The van der Waals surface area contributed by atoms with Gasteiger partial charge in [-0.3, -0.25) is 19.1 Å². The molecule has 11 aromatic rings. The highest BCUT2D eigenvalue weighted by molar-refractivity contribution is 7.92. The van der Waals surface area contributed by atoms with E-state index in [1.165, 1.54) is 38.4 Å². The number of piperazine rings is 1. The third-order valence-electron chi connectivity index (χ3n) is 22.5. The van der Waals surface area contributed by atoms with Gasteiger partial charge >= 0.3 is 13.8 Å².